The average molecular weight is 314 g/mol. The lowest BCUT2D eigenvalue weighted by molar-refractivity contribution is -0.141. The molecule has 0 radical (unpaired) electrons. The topological polar surface area (TPSA) is 114 Å². The molecule has 0 amide bonds. The largest absolute Gasteiger partial charge is 0.387 e. The number of aromatic nitrogens is 2. The molecule has 0 bridgehead atoms. The van der Waals surface area contributed by atoms with Crippen molar-refractivity contribution in [3.05, 3.63) is 33.1 Å². The predicted molar refractivity (Wildman–Crippen MR) is 77.6 cm³/mol. The lowest BCUT2D eigenvalue weighted by Gasteiger charge is -2.29. The lowest BCUT2D eigenvalue weighted by atomic mass is 10.0. The summed E-state index contributed by atoms with van der Waals surface area (Å²) >= 11 is 0. The van der Waals surface area contributed by atoms with Gasteiger partial charge in [-0.2, -0.15) is 0 Å². The summed E-state index contributed by atoms with van der Waals surface area (Å²) in [6.07, 6.45) is -0.155. The van der Waals surface area contributed by atoms with Crippen molar-refractivity contribution >= 4 is 0 Å². The highest BCUT2D eigenvalue weighted by Gasteiger charge is 2.52. The van der Waals surface area contributed by atoms with Gasteiger partial charge in [0.25, 0.3) is 5.56 Å². The van der Waals surface area contributed by atoms with Crippen molar-refractivity contribution in [2.24, 2.45) is 0 Å². The van der Waals surface area contributed by atoms with Gasteiger partial charge in [-0.3, -0.25) is 14.3 Å². The van der Waals surface area contributed by atoms with Crippen LogP contribution in [0.3, 0.4) is 0 Å². The van der Waals surface area contributed by atoms with Crippen LogP contribution < -0.4 is 11.2 Å². The third-order valence-electron chi connectivity index (χ3n) is 3.87. The van der Waals surface area contributed by atoms with Crippen LogP contribution in [0, 0.1) is 0 Å². The first-order chi connectivity index (χ1) is 10.4. The molecule has 0 aromatic carbocycles. The number of unbranched alkanes of at least 4 members (excludes halogenated alkanes) is 1. The zero-order chi connectivity index (χ0) is 16.3. The Balaban J connectivity index is 2.17. The molecule has 1 saturated heterocycles. The lowest BCUT2D eigenvalue weighted by Crippen LogP contribution is -2.49. The van der Waals surface area contributed by atoms with Crippen LogP contribution >= 0.6 is 0 Å². The van der Waals surface area contributed by atoms with Gasteiger partial charge in [0.15, 0.2) is 5.72 Å². The number of aromatic amines is 1. The molecule has 1 fully saturated rings. The zero-order valence-corrected chi connectivity index (χ0v) is 12.7. The van der Waals surface area contributed by atoms with E-state index in [0.717, 1.165) is 23.5 Å². The molecule has 8 nitrogen and oxygen atoms in total. The van der Waals surface area contributed by atoms with E-state index in [1.807, 2.05) is 6.92 Å². The number of hydrogen-bond acceptors (Lipinski definition) is 6. The number of H-pyrrole nitrogens is 1. The molecule has 124 valence electrons. The Hall–Kier alpha value is -1.48. The van der Waals surface area contributed by atoms with E-state index in [0.29, 0.717) is 6.61 Å². The molecule has 0 spiro atoms. The summed E-state index contributed by atoms with van der Waals surface area (Å²) in [7, 11) is 0. The fourth-order valence-electron chi connectivity index (χ4n) is 2.51. The Morgan fingerprint density at radius 2 is 2.18 bits per heavy atom. The summed E-state index contributed by atoms with van der Waals surface area (Å²) in [6.45, 7) is 4.17. The van der Waals surface area contributed by atoms with Crippen LogP contribution in [0.25, 0.3) is 0 Å². The van der Waals surface area contributed by atoms with Crippen LogP contribution in [0.1, 0.15) is 26.7 Å². The van der Waals surface area contributed by atoms with Gasteiger partial charge in [0.2, 0.25) is 0 Å². The van der Waals surface area contributed by atoms with Gasteiger partial charge in [0.05, 0.1) is 6.61 Å². The monoisotopic (exact) mass is 314 g/mol. The van der Waals surface area contributed by atoms with Crippen LogP contribution in [0.2, 0.25) is 0 Å². The minimum Gasteiger partial charge on any atom is -0.387 e. The van der Waals surface area contributed by atoms with Gasteiger partial charge in [-0.25, -0.2) is 4.79 Å². The van der Waals surface area contributed by atoms with Crippen LogP contribution in [0.15, 0.2) is 21.9 Å². The van der Waals surface area contributed by atoms with Gasteiger partial charge < -0.3 is 19.7 Å². The van der Waals surface area contributed by atoms with E-state index in [9.17, 15) is 19.8 Å². The van der Waals surface area contributed by atoms with Crippen LogP contribution in [0.5, 0.6) is 0 Å². The molecule has 2 heterocycles. The van der Waals surface area contributed by atoms with Crippen molar-refractivity contribution in [2.75, 3.05) is 13.2 Å². The number of aliphatic hydroxyl groups excluding tert-OH is 2. The standard InChI is InChI=1S/C14H22N2O6/c1-3-4-7-21-8-9-11(18)12(19)14(2,22-9)16-6-5-10(17)15-13(16)20/h5-6,9,11-12,18-19H,3-4,7-8H2,1-2H3,(H,15,17,20)/t9-,11-,12-,14-/m1/s1. The molecule has 0 unspecified atom stereocenters. The number of nitrogens with zero attached hydrogens (tertiary/aromatic N) is 1. The molecule has 22 heavy (non-hydrogen) atoms. The van der Waals surface area contributed by atoms with E-state index in [-0.39, 0.29) is 6.61 Å². The molecular weight excluding hydrogens is 292 g/mol. The number of ether oxygens (including phenoxy) is 2. The SMILES string of the molecule is CCCCOC[C@H]1O[C@@](C)(n2ccc(=O)[nH]c2=O)[C@H](O)[C@@H]1O. The molecule has 0 aliphatic carbocycles. The van der Waals surface area contributed by atoms with Gasteiger partial charge in [-0.15, -0.1) is 0 Å². The minimum atomic E-state index is -1.47. The summed E-state index contributed by atoms with van der Waals surface area (Å²) in [5.74, 6) is 0. The van der Waals surface area contributed by atoms with E-state index >= 15 is 0 Å². The van der Waals surface area contributed by atoms with Crippen LogP contribution in [-0.4, -0.2) is 51.3 Å². The Bertz CT molecular complexity index is 612. The smallest absolute Gasteiger partial charge is 0.330 e. The second-order valence-corrected chi connectivity index (χ2v) is 5.55. The Morgan fingerprint density at radius 3 is 2.82 bits per heavy atom. The van der Waals surface area contributed by atoms with Crippen LogP contribution in [-0.2, 0) is 15.2 Å². The normalized spacial score (nSPS) is 31.5. The van der Waals surface area contributed by atoms with Gasteiger partial charge in [0.1, 0.15) is 18.3 Å². The van der Waals surface area contributed by atoms with Crippen molar-refractivity contribution in [1.82, 2.24) is 9.55 Å². The van der Waals surface area contributed by atoms with E-state index in [2.05, 4.69) is 4.98 Å². The van der Waals surface area contributed by atoms with E-state index in [1.165, 1.54) is 13.1 Å². The van der Waals surface area contributed by atoms with E-state index in [1.54, 1.807) is 0 Å². The first-order valence-electron chi connectivity index (χ1n) is 7.34. The Morgan fingerprint density at radius 1 is 1.45 bits per heavy atom. The maximum atomic E-state index is 11.9. The molecule has 2 rings (SSSR count). The van der Waals surface area contributed by atoms with Crippen molar-refractivity contribution in [3.8, 4) is 0 Å². The number of rotatable bonds is 6. The van der Waals surface area contributed by atoms with Gasteiger partial charge in [-0.05, 0) is 13.3 Å². The van der Waals surface area contributed by atoms with Crippen molar-refractivity contribution < 1.29 is 19.7 Å². The van der Waals surface area contributed by atoms with Crippen molar-refractivity contribution in [1.29, 1.82) is 0 Å². The number of aliphatic hydroxyl groups is 2. The average Bonchev–Trinajstić information content (AvgIpc) is 2.69. The third-order valence-corrected chi connectivity index (χ3v) is 3.87. The summed E-state index contributed by atoms with van der Waals surface area (Å²) in [5, 5.41) is 20.4. The second-order valence-electron chi connectivity index (χ2n) is 5.55. The van der Waals surface area contributed by atoms with Crippen molar-refractivity contribution in [2.45, 2.75) is 50.7 Å². The third kappa shape index (κ3) is 3.14. The summed E-state index contributed by atoms with van der Waals surface area (Å²) in [5.41, 5.74) is -2.73. The van der Waals surface area contributed by atoms with Gasteiger partial charge in [0, 0.05) is 18.9 Å². The summed E-state index contributed by atoms with van der Waals surface area (Å²) in [4.78, 5) is 25.1. The first-order valence-corrected chi connectivity index (χ1v) is 7.34. The maximum absolute atomic E-state index is 11.9. The molecule has 1 aromatic rings. The number of hydrogen-bond donors (Lipinski definition) is 3. The zero-order valence-electron chi connectivity index (χ0n) is 12.7. The van der Waals surface area contributed by atoms with E-state index < -0.39 is 35.3 Å². The summed E-state index contributed by atoms with van der Waals surface area (Å²) < 4.78 is 12.2. The quantitative estimate of drug-likeness (QED) is 0.589. The Kier molecular flexibility index (Phi) is 5.17. The second kappa shape index (κ2) is 6.74. The fourth-order valence-corrected chi connectivity index (χ4v) is 2.51. The molecule has 1 aliphatic heterocycles. The number of nitrogens with one attached hydrogen (secondary N) is 1. The molecule has 4 atom stereocenters. The highest BCUT2D eigenvalue weighted by Crippen LogP contribution is 2.34. The molecular formula is C14H22N2O6. The van der Waals surface area contributed by atoms with Crippen LogP contribution in [0.4, 0.5) is 0 Å². The fraction of sp³-hybridized carbons (Fsp3) is 0.714. The van der Waals surface area contributed by atoms with E-state index in [4.69, 9.17) is 9.47 Å². The first kappa shape index (κ1) is 16.9. The minimum absolute atomic E-state index is 0.117. The molecule has 1 aromatic heterocycles. The maximum Gasteiger partial charge on any atom is 0.330 e. The van der Waals surface area contributed by atoms with Gasteiger partial charge >= 0.3 is 5.69 Å². The molecule has 0 saturated carbocycles. The highest BCUT2D eigenvalue weighted by molar-refractivity contribution is 4.99. The molecule has 1 aliphatic rings. The van der Waals surface area contributed by atoms with Gasteiger partial charge in [-0.1, -0.05) is 13.3 Å². The predicted octanol–water partition coefficient (Wildman–Crippen LogP) is -0.853. The van der Waals surface area contributed by atoms with Crippen molar-refractivity contribution in [3.63, 3.8) is 0 Å². The summed E-state index contributed by atoms with van der Waals surface area (Å²) in [6, 6.07) is 1.15. The highest BCUT2D eigenvalue weighted by atomic mass is 16.6. The molecule has 8 heteroatoms. The Labute approximate surface area is 127 Å². The molecule has 3 N–H and O–H groups in total.